The Morgan fingerprint density at radius 1 is 1.11 bits per heavy atom. The summed E-state index contributed by atoms with van der Waals surface area (Å²) in [5.41, 5.74) is 2.91. The number of carbonyl (C=O) groups is 3. The van der Waals surface area contributed by atoms with Gasteiger partial charge in [-0.05, 0) is 37.6 Å². The van der Waals surface area contributed by atoms with Gasteiger partial charge in [0.1, 0.15) is 0 Å². The van der Waals surface area contributed by atoms with Crippen LogP contribution in [0.25, 0.3) is 0 Å². The normalized spacial score (nSPS) is 17.2. The maximum Gasteiger partial charge on any atom is 0.336 e. The van der Waals surface area contributed by atoms with E-state index in [1.54, 1.807) is 62.4 Å². The number of nitriles is 1. The number of carbonyl (C=O) groups excluding carboxylic acids is 3. The Morgan fingerprint density at radius 3 is 2.36 bits per heavy atom. The third-order valence-corrected chi connectivity index (χ3v) is 6.40. The fraction of sp³-hybridized carbons (Fsp3) is 0.259. The molecule has 9 heteroatoms. The molecule has 0 spiro atoms. The molecule has 1 atom stereocenters. The van der Waals surface area contributed by atoms with Crippen molar-refractivity contribution in [2.24, 2.45) is 0 Å². The van der Waals surface area contributed by atoms with Crippen LogP contribution in [0.15, 0.2) is 71.1 Å². The first-order valence-electron chi connectivity index (χ1n) is 11.4. The molecule has 0 radical (unpaired) electrons. The first-order chi connectivity index (χ1) is 17.4. The van der Waals surface area contributed by atoms with Gasteiger partial charge in [0, 0.05) is 10.7 Å². The molecule has 8 nitrogen and oxygen atoms in total. The van der Waals surface area contributed by atoms with E-state index in [1.165, 1.54) is 0 Å². The van der Waals surface area contributed by atoms with Crippen LogP contribution in [-0.4, -0.2) is 49.0 Å². The quantitative estimate of drug-likeness (QED) is 0.328. The Labute approximate surface area is 213 Å². The highest BCUT2D eigenvalue weighted by atomic mass is 35.5. The van der Waals surface area contributed by atoms with Crippen LogP contribution in [0.2, 0.25) is 5.02 Å². The molecule has 2 aromatic rings. The number of ether oxygens (including phenoxy) is 2. The lowest BCUT2D eigenvalue weighted by molar-refractivity contribution is -0.138. The molecule has 2 amide bonds. The second kappa shape index (κ2) is 10.8. The van der Waals surface area contributed by atoms with Gasteiger partial charge in [0.25, 0.3) is 11.8 Å². The molecule has 2 heterocycles. The zero-order valence-electron chi connectivity index (χ0n) is 19.8. The molecule has 2 aromatic carbocycles. The smallest absolute Gasteiger partial charge is 0.336 e. The number of nitrogens with zero attached hydrogens (tertiary/aromatic N) is 2. The largest absolute Gasteiger partial charge is 0.463 e. The van der Waals surface area contributed by atoms with Crippen molar-refractivity contribution in [3.63, 3.8) is 0 Å². The molecule has 0 aromatic heterocycles. The molecular weight excluding hydrogens is 482 g/mol. The van der Waals surface area contributed by atoms with Crippen LogP contribution in [0.1, 0.15) is 46.0 Å². The molecule has 2 aliphatic rings. The van der Waals surface area contributed by atoms with Gasteiger partial charge in [-0.2, -0.15) is 5.26 Å². The van der Waals surface area contributed by atoms with Crippen LogP contribution >= 0.6 is 11.6 Å². The first kappa shape index (κ1) is 25.2. The minimum Gasteiger partial charge on any atom is -0.463 e. The highest BCUT2D eigenvalue weighted by Gasteiger charge is 2.37. The van der Waals surface area contributed by atoms with Crippen LogP contribution in [0.5, 0.6) is 0 Å². The van der Waals surface area contributed by atoms with E-state index in [4.69, 9.17) is 21.1 Å². The number of amides is 2. The van der Waals surface area contributed by atoms with Crippen molar-refractivity contribution >= 4 is 29.4 Å². The number of dihydropyridines is 1. The second-order valence-electron chi connectivity index (χ2n) is 8.20. The molecule has 0 aliphatic carbocycles. The van der Waals surface area contributed by atoms with Crippen LogP contribution in [-0.2, 0) is 14.3 Å². The average Bonchev–Trinajstić information content (AvgIpc) is 3.11. The molecule has 4 rings (SSSR count). The van der Waals surface area contributed by atoms with Crippen LogP contribution < -0.4 is 5.32 Å². The minimum absolute atomic E-state index is 0.0334. The summed E-state index contributed by atoms with van der Waals surface area (Å²) >= 11 is 6.46. The molecule has 0 saturated carbocycles. The summed E-state index contributed by atoms with van der Waals surface area (Å²) in [5.74, 6) is -2.05. The standard InChI is InChI=1S/C27H24ClN3O5/c1-3-36-27(34)24-22(30-16(2)20(14-29)23(24)19-10-6-7-11-21(19)28)15-35-13-12-31-25(32)17-8-4-5-9-18(17)26(31)33/h4-11,23,30H,3,12-13,15H2,1-2H3. The lowest BCUT2D eigenvalue weighted by Crippen LogP contribution is -2.34. The predicted octanol–water partition coefficient (Wildman–Crippen LogP) is 3.95. The van der Waals surface area contributed by atoms with Crippen molar-refractivity contribution in [1.82, 2.24) is 10.2 Å². The maximum absolute atomic E-state index is 13.1. The Balaban J connectivity index is 1.57. The van der Waals surface area contributed by atoms with E-state index < -0.39 is 11.9 Å². The van der Waals surface area contributed by atoms with Gasteiger partial charge in [0.05, 0.1) is 66.3 Å². The zero-order chi connectivity index (χ0) is 25.8. The minimum atomic E-state index is -0.737. The molecule has 0 saturated heterocycles. The summed E-state index contributed by atoms with van der Waals surface area (Å²) in [6.07, 6.45) is 0. The van der Waals surface area contributed by atoms with Crippen molar-refractivity contribution < 1.29 is 23.9 Å². The lowest BCUT2D eigenvalue weighted by atomic mass is 9.81. The van der Waals surface area contributed by atoms with E-state index in [-0.39, 0.29) is 43.8 Å². The third-order valence-electron chi connectivity index (χ3n) is 6.06. The molecule has 0 fully saturated rings. The Hall–Kier alpha value is -3.93. The van der Waals surface area contributed by atoms with Crippen molar-refractivity contribution in [3.8, 4) is 6.07 Å². The number of hydrogen-bond acceptors (Lipinski definition) is 7. The first-order valence-corrected chi connectivity index (χ1v) is 11.8. The molecule has 36 heavy (non-hydrogen) atoms. The zero-order valence-corrected chi connectivity index (χ0v) is 20.6. The molecule has 1 unspecified atom stereocenters. The average molecular weight is 506 g/mol. The highest BCUT2D eigenvalue weighted by Crippen LogP contribution is 2.41. The number of imide groups is 1. The highest BCUT2D eigenvalue weighted by molar-refractivity contribution is 6.31. The summed E-state index contributed by atoms with van der Waals surface area (Å²) in [4.78, 5) is 39.4. The van der Waals surface area contributed by atoms with Gasteiger partial charge in [-0.25, -0.2) is 4.79 Å². The number of halogens is 1. The maximum atomic E-state index is 13.1. The number of allylic oxidation sites excluding steroid dienone is 2. The van der Waals surface area contributed by atoms with E-state index >= 15 is 0 Å². The summed E-state index contributed by atoms with van der Waals surface area (Å²) < 4.78 is 11.1. The number of hydrogen-bond donors (Lipinski definition) is 1. The molecular formula is C27H24ClN3O5. The third kappa shape index (κ3) is 4.63. The van der Waals surface area contributed by atoms with Gasteiger partial charge in [0.15, 0.2) is 0 Å². The molecule has 2 aliphatic heterocycles. The predicted molar refractivity (Wildman–Crippen MR) is 132 cm³/mol. The van der Waals surface area contributed by atoms with Crippen LogP contribution in [0, 0.1) is 11.3 Å². The van der Waals surface area contributed by atoms with E-state index in [0.29, 0.717) is 38.7 Å². The number of nitrogens with one attached hydrogen (secondary N) is 1. The van der Waals surface area contributed by atoms with Gasteiger partial charge < -0.3 is 14.8 Å². The number of esters is 1. The summed E-state index contributed by atoms with van der Waals surface area (Å²) in [6, 6.07) is 15.9. The molecule has 184 valence electrons. The Kier molecular flexibility index (Phi) is 7.53. The second-order valence-corrected chi connectivity index (χ2v) is 8.61. The summed E-state index contributed by atoms with van der Waals surface area (Å²) in [7, 11) is 0. The monoisotopic (exact) mass is 505 g/mol. The lowest BCUT2D eigenvalue weighted by Gasteiger charge is -2.30. The molecule has 0 bridgehead atoms. The van der Waals surface area contributed by atoms with Gasteiger partial charge in [-0.1, -0.05) is 41.9 Å². The van der Waals surface area contributed by atoms with E-state index in [9.17, 15) is 19.6 Å². The summed E-state index contributed by atoms with van der Waals surface area (Å²) in [6.45, 7) is 3.66. The SMILES string of the molecule is CCOC(=O)C1=C(COCCN2C(=O)c3ccccc3C2=O)NC(C)=C(C#N)C1c1ccccc1Cl. The fourth-order valence-electron chi connectivity index (χ4n) is 4.40. The van der Waals surface area contributed by atoms with Crippen molar-refractivity contribution in [3.05, 3.63) is 92.8 Å². The van der Waals surface area contributed by atoms with Crippen LogP contribution in [0.4, 0.5) is 0 Å². The van der Waals surface area contributed by atoms with E-state index in [2.05, 4.69) is 11.4 Å². The fourth-order valence-corrected chi connectivity index (χ4v) is 4.65. The van der Waals surface area contributed by atoms with Gasteiger partial charge >= 0.3 is 5.97 Å². The number of rotatable bonds is 8. The van der Waals surface area contributed by atoms with Crippen LogP contribution in [0.3, 0.4) is 0 Å². The Bertz CT molecular complexity index is 1310. The number of fused-ring (bicyclic) bond motifs is 1. The topological polar surface area (TPSA) is 109 Å². The van der Waals surface area contributed by atoms with Crippen molar-refractivity contribution in [2.75, 3.05) is 26.4 Å². The number of benzene rings is 2. The van der Waals surface area contributed by atoms with Crippen molar-refractivity contribution in [1.29, 1.82) is 5.26 Å². The van der Waals surface area contributed by atoms with Gasteiger partial charge in [-0.15, -0.1) is 0 Å². The van der Waals surface area contributed by atoms with Gasteiger partial charge in [-0.3, -0.25) is 14.5 Å². The van der Waals surface area contributed by atoms with E-state index in [0.717, 1.165) is 4.90 Å². The summed E-state index contributed by atoms with van der Waals surface area (Å²) in [5, 5.41) is 13.4. The molecule has 1 N–H and O–H groups in total. The van der Waals surface area contributed by atoms with Crippen molar-refractivity contribution in [2.45, 2.75) is 19.8 Å². The Morgan fingerprint density at radius 2 is 1.75 bits per heavy atom. The van der Waals surface area contributed by atoms with Gasteiger partial charge in [0.2, 0.25) is 0 Å². The van der Waals surface area contributed by atoms with E-state index in [1.807, 2.05) is 0 Å².